The number of likely N-dealkylation sites (tertiary alicyclic amines) is 1. The first-order valence-electron chi connectivity index (χ1n) is 11.2. The Morgan fingerprint density at radius 2 is 2.06 bits per heavy atom. The van der Waals surface area contributed by atoms with E-state index in [9.17, 15) is 4.79 Å². The number of carbonyl (C=O) groups is 1. The minimum atomic E-state index is -0.507. The van der Waals surface area contributed by atoms with Crippen molar-refractivity contribution in [3.05, 3.63) is 64.7 Å². The van der Waals surface area contributed by atoms with Gasteiger partial charge >= 0.3 is 0 Å². The van der Waals surface area contributed by atoms with Gasteiger partial charge in [-0.15, -0.1) is 4.80 Å². The highest BCUT2D eigenvalue weighted by Gasteiger charge is 2.34. The van der Waals surface area contributed by atoms with Crippen LogP contribution >= 0.6 is 11.6 Å². The molecule has 5 rings (SSSR count). The number of amides is 1. The molecule has 0 aliphatic carbocycles. The van der Waals surface area contributed by atoms with Crippen LogP contribution in [0.25, 0.3) is 16.8 Å². The molecule has 10 heteroatoms. The number of hydrogen-bond donors (Lipinski definition) is 1. The number of aryl methyl sites for hydroxylation is 1. The molecule has 0 spiro atoms. The van der Waals surface area contributed by atoms with Crippen LogP contribution in [0.15, 0.2) is 47.1 Å². The van der Waals surface area contributed by atoms with Crippen molar-refractivity contribution >= 4 is 34.6 Å². The molecule has 34 heavy (non-hydrogen) atoms. The van der Waals surface area contributed by atoms with Crippen molar-refractivity contribution in [2.24, 2.45) is 5.92 Å². The summed E-state index contributed by atoms with van der Waals surface area (Å²) >= 11 is 6.05. The molecule has 2 aromatic heterocycles. The average Bonchev–Trinajstić information content (AvgIpc) is 3.49. The van der Waals surface area contributed by atoms with E-state index in [1.165, 1.54) is 17.2 Å². The van der Waals surface area contributed by atoms with E-state index in [2.05, 4.69) is 27.4 Å². The highest BCUT2D eigenvalue weighted by molar-refractivity contribution is 6.31. The van der Waals surface area contributed by atoms with Crippen molar-refractivity contribution in [1.29, 1.82) is 0 Å². The summed E-state index contributed by atoms with van der Waals surface area (Å²) in [7, 11) is 0. The normalized spacial score (nSPS) is 18.4. The third-order valence-corrected chi connectivity index (χ3v) is 6.58. The number of rotatable bonds is 5. The monoisotopic (exact) mass is 482 g/mol. The first kappa shape index (κ1) is 22.3. The number of piperidine rings is 1. The van der Waals surface area contributed by atoms with Crippen molar-refractivity contribution in [2.75, 3.05) is 18.4 Å². The number of hydrogen-bond acceptors (Lipinski definition) is 6. The van der Waals surface area contributed by atoms with Crippen LogP contribution < -0.4 is 5.32 Å². The van der Waals surface area contributed by atoms with Gasteiger partial charge in [0.05, 0.1) is 24.0 Å². The number of carbonyl (C=O) groups excluding carboxylic acids is 1. The molecule has 1 saturated heterocycles. The molecule has 0 radical (unpaired) electrons. The Morgan fingerprint density at radius 3 is 2.85 bits per heavy atom. The molecular weight excluding hydrogens is 459 g/mol. The van der Waals surface area contributed by atoms with Gasteiger partial charge < -0.3 is 14.6 Å². The van der Waals surface area contributed by atoms with Gasteiger partial charge in [0.25, 0.3) is 11.9 Å². The Hall–Kier alpha value is -3.46. The van der Waals surface area contributed by atoms with Crippen molar-refractivity contribution in [1.82, 2.24) is 24.9 Å². The van der Waals surface area contributed by atoms with Crippen LogP contribution in [-0.2, 0) is 0 Å². The van der Waals surface area contributed by atoms with Gasteiger partial charge in [-0.3, -0.25) is 4.79 Å². The zero-order valence-electron chi connectivity index (χ0n) is 18.8. The molecule has 1 aliphatic heterocycles. The van der Waals surface area contributed by atoms with Gasteiger partial charge in [-0.25, -0.2) is 4.39 Å². The summed E-state index contributed by atoms with van der Waals surface area (Å²) in [6.45, 7) is 4.78. The number of halogens is 2. The van der Waals surface area contributed by atoms with Crippen molar-refractivity contribution < 1.29 is 13.6 Å². The lowest BCUT2D eigenvalue weighted by atomic mass is 9.90. The Bertz CT molecular complexity index is 1340. The fourth-order valence-electron chi connectivity index (χ4n) is 4.50. The third kappa shape index (κ3) is 4.11. The summed E-state index contributed by atoms with van der Waals surface area (Å²) in [6.07, 6.45) is 4.77. The first-order valence-corrected chi connectivity index (χ1v) is 11.6. The van der Waals surface area contributed by atoms with Crippen LogP contribution in [0.4, 0.5) is 10.4 Å². The molecule has 1 amide bonds. The molecule has 3 heterocycles. The largest absolute Gasteiger partial charge is 0.424 e. The molecule has 1 N–H and O–H groups in total. The highest BCUT2D eigenvalue weighted by Crippen LogP contribution is 2.29. The molecule has 2 atom stereocenters. The summed E-state index contributed by atoms with van der Waals surface area (Å²) in [5.74, 6) is -0.536. The van der Waals surface area contributed by atoms with Crippen LogP contribution in [0.2, 0.25) is 5.02 Å². The number of nitrogens with zero attached hydrogens (tertiary/aromatic N) is 5. The molecule has 0 unspecified atom stereocenters. The second kappa shape index (κ2) is 9.06. The molecule has 0 bridgehead atoms. The van der Waals surface area contributed by atoms with Crippen LogP contribution in [0.5, 0.6) is 0 Å². The lowest BCUT2D eigenvalue weighted by molar-refractivity contribution is 0.0538. The third-order valence-electron chi connectivity index (χ3n) is 6.35. The molecule has 1 aliphatic rings. The van der Waals surface area contributed by atoms with Crippen LogP contribution in [0.1, 0.15) is 35.7 Å². The maximum Gasteiger partial charge on any atom is 0.295 e. The lowest BCUT2D eigenvalue weighted by Gasteiger charge is -2.40. The summed E-state index contributed by atoms with van der Waals surface area (Å²) < 4.78 is 20.9. The van der Waals surface area contributed by atoms with E-state index in [0.717, 1.165) is 12.8 Å². The predicted octanol–water partition coefficient (Wildman–Crippen LogP) is 4.86. The van der Waals surface area contributed by atoms with Gasteiger partial charge in [0.1, 0.15) is 11.2 Å². The smallest absolute Gasteiger partial charge is 0.295 e. The Morgan fingerprint density at radius 1 is 1.26 bits per heavy atom. The van der Waals surface area contributed by atoms with Crippen molar-refractivity contribution in [2.45, 2.75) is 32.7 Å². The van der Waals surface area contributed by atoms with Gasteiger partial charge in [-0.1, -0.05) is 24.6 Å². The van der Waals surface area contributed by atoms with E-state index < -0.39 is 5.82 Å². The molecular formula is C24H24ClFN6O2. The Labute approximate surface area is 200 Å². The van der Waals surface area contributed by atoms with Gasteiger partial charge in [0.15, 0.2) is 11.4 Å². The number of nitrogens with one attached hydrogen (secondary N) is 1. The van der Waals surface area contributed by atoms with E-state index >= 15 is 4.39 Å². The average molecular weight is 483 g/mol. The molecule has 1 fully saturated rings. The first-order chi connectivity index (χ1) is 16.4. The molecule has 2 aromatic carbocycles. The van der Waals surface area contributed by atoms with Crippen LogP contribution in [0.3, 0.4) is 0 Å². The second-order valence-electron chi connectivity index (χ2n) is 8.61. The maximum atomic E-state index is 15.1. The number of anilines is 1. The molecule has 8 nitrogen and oxygen atoms in total. The number of fused-ring (bicyclic) bond motifs is 1. The lowest BCUT2D eigenvalue weighted by Crippen LogP contribution is -2.51. The second-order valence-corrected chi connectivity index (χ2v) is 9.04. The van der Waals surface area contributed by atoms with Gasteiger partial charge in [-0.05, 0) is 55.5 Å². The number of benzene rings is 2. The summed E-state index contributed by atoms with van der Waals surface area (Å²) in [6, 6.07) is 8.74. The fraction of sp³-hybridized carbons (Fsp3) is 0.333. The van der Waals surface area contributed by atoms with Crippen molar-refractivity contribution in [3.63, 3.8) is 0 Å². The van der Waals surface area contributed by atoms with E-state index in [1.807, 2.05) is 0 Å². The van der Waals surface area contributed by atoms with Gasteiger partial charge in [0.2, 0.25) is 0 Å². The molecule has 176 valence electrons. The van der Waals surface area contributed by atoms with Gasteiger partial charge in [-0.2, -0.15) is 15.2 Å². The van der Waals surface area contributed by atoms with E-state index in [4.69, 9.17) is 16.0 Å². The minimum absolute atomic E-state index is 0.0655. The predicted molar refractivity (Wildman–Crippen MR) is 127 cm³/mol. The Balaban J connectivity index is 1.43. The minimum Gasteiger partial charge on any atom is -0.424 e. The zero-order valence-corrected chi connectivity index (χ0v) is 19.6. The standard InChI is InChI=1S/C24H24ClFN6O2/c1-14-4-3-11-31(19(14)13-27-24-30-18-12-16(25)6-8-20(18)34-24)23(33)17-7-5-15(2)21(26)22(17)32-28-9-10-29-32/h5-10,12,14,19H,3-4,11,13H2,1-2H3,(H,27,30)/t14-,19-/m1/s1. The fourth-order valence-corrected chi connectivity index (χ4v) is 4.67. The maximum absolute atomic E-state index is 15.1. The summed E-state index contributed by atoms with van der Waals surface area (Å²) in [5.41, 5.74) is 2.00. The summed E-state index contributed by atoms with van der Waals surface area (Å²) in [4.78, 5) is 21.1. The quantitative estimate of drug-likeness (QED) is 0.437. The summed E-state index contributed by atoms with van der Waals surface area (Å²) in [5, 5.41) is 11.9. The molecule has 4 aromatic rings. The SMILES string of the molecule is Cc1ccc(C(=O)N2CCC[C@@H](C)[C@H]2CNc2nc3cc(Cl)ccc3o2)c(-n2nccn2)c1F. The highest BCUT2D eigenvalue weighted by atomic mass is 35.5. The number of aromatic nitrogens is 4. The molecule has 0 saturated carbocycles. The van der Waals surface area contributed by atoms with E-state index in [0.29, 0.717) is 40.8 Å². The van der Waals surface area contributed by atoms with Crippen LogP contribution in [0, 0.1) is 18.7 Å². The zero-order chi connectivity index (χ0) is 23.8. The van der Waals surface area contributed by atoms with E-state index in [-0.39, 0.29) is 29.1 Å². The topological polar surface area (TPSA) is 89.1 Å². The van der Waals surface area contributed by atoms with Crippen molar-refractivity contribution in [3.8, 4) is 5.69 Å². The number of oxazole rings is 1. The Kier molecular flexibility index (Phi) is 5.95. The van der Waals surface area contributed by atoms with Gasteiger partial charge in [0, 0.05) is 18.1 Å². The van der Waals surface area contributed by atoms with E-state index in [1.54, 1.807) is 42.2 Å². The van der Waals surface area contributed by atoms with Crippen LogP contribution in [-0.4, -0.2) is 49.9 Å².